The van der Waals surface area contributed by atoms with E-state index in [0.717, 1.165) is 36.7 Å². The van der Waals surface area contributed by atoms with E-state index in [-0.39, 0.29) is 12.0 Å². The molecule has 1 aliphatic heterocycles. The van der Waals surface area contributed by atoms with Crippen LogP contribution in [0.5, 0.6) is 5.75 Å². The van der Waals surface area contributed by atoms with E-state index in [1.807, 2.05) is 11.8 Å². The number of aryl methyl sites for hydroxylation is 1. The molecule has 6 nitrogen and oxygen atoms in total. The molecule has 1 aromatic carbocycles. The van der Waals surface area contributed by atoms with Crippen molar-refractivity contribution >= 4 is 16.8 Å². The summed E-state index contributed by atoms with van der Waals surface area (Å²) in [5.74, 6) is 1.75. The molecule has 1 aliphatic carbocycles. The summed E-state index contributed by atoms with van der Waals surface area (Å²) >= 11 is 0. The van der Waals surface area contributed by atoms with Gasteiger partial charge in [-0.1, -0.05) is 6.07 Å². The topological polar surface area (TPSA) is 60.3 Å². The second-order valence-corrected chi connectivity index (χ2v) is 8.25. The third-order valence-electron chi connectivity index (χ3n) is 5.95. The fraction of sp³-hybridized carbons (Fsp3) is 0.435. The number of aromatic nitrogens is 3. The van der Waals surface area contributed by atoms with Gasteiger partial charge in [-0.15, -0.1) is 0 Å². The first-order valence-electron chi connectivity index (χ1n) is 10.5. The van der Waals surface area contributed by atoms with E-state index in [1.165, 1.54) is 23.7 Å². The molecule has 2 aromatic heterocycles. The summed E-state index contributed by atoms with van der Waals surface area (Å²) in [5.41, 5.74) is 2.48. The molecule has 2 aliphatic rings. The fourth-order valence-electron chi connectivity index (χ4n) is 4.06. The maximum atomic E-state index is 12.6. The van der Waals surface area contributed by atoms with E-state index in [4.69, 9.17) is 4.74 Å². The summed E-state index contributed by atoms with van der Waals surface area (Å²) in [6, 6.07) is 8.48. The maximum Gasteiger partial charge on any atom is 0.274 e. The van der Waals surface area contributed by atoms with Crippen molar-refractivity contribution < 1.29 is 9.53 Å². The minimum atomic E-state index is -0.0461. The normalized spacial score (nSPS) is 17.6. The van der Waals surface area contributed by atoms with Crippen LogP contribution < -0.4 is 4.74 Å². The molecule has 0 bridgehead atoms. The van der Waals surface area contributed by atoms with Crippen LogP contribution in [-0.2, 0) is 6.54 Å². The monoisotopic (exact) mass is 390 g/mol. The highest BCUT2D eigenvalue weighted by molar-refractivity contribution is 5.92. The lowest BCUT2D eigenvalue weighted by molar-refractivity contribution is 0.0592. The molecule has 1 saturated carbocycles. The number of nitrogens with zero attached hydrogens (tertiary/aromatic N) is 4. The van der Waals surface area contributed by atoms with Crippen LogP contribution in [0.3, 0.4) is 0 Å². The van der Waals surface area contributed by atoms with Crippen LogP contribution in [0.25, 0.3) is 10.9 Å². The summed E-state index contributed by atoms with van der Waals surface area (Å²) in [6.45, 7) is 4.33. The Balaban J connectivity index is 1.23. The Kier molecular flexibility index (Phi) is 4.70. The summed E-state index contributed by atoms with van der Waals surface area (Å²) in [6.07, 6.45) is 9.85. The second-order valence-electron chi connectivity index (χ2n) is 8.25. The van der Waals surface area contributed by atoms with Crippen LogP contribution in [0.4, 0.5) is 0 Å². The highest BCUT2D eigenvalue weighted by Gasteiger charge is 2.26. The molecule has 150 valence electrons. The molecule has 0 N–H and O–H groups in total. The molecular weight excluding hydrogens is 364 g/mol. The van der Waals surface area contributed by atoms with Crippen molar-refractivity contribution in [2.75, 3.05) is 13.1 Å². The van der Waals surface area contributed by atoms with Crippen molar-refractivity contribution in [1.82, 2.24) is 19.4 Å². The first-order valence-corrected chi connectivity index (χ1v) is 10.5. The zero-order valence-electron chi connectivity index (χ0n) is 16.8. The van der Waals surface area contributed by atoms with Crippen LogP contribution in [0.1, 0.15) is 41.9 Å². The van der Waals surface area contributed by atoms with E-state index in [2.05, 4.69) is 45.0 Å². The van der Waals surface area contributed by atoms with Crippen LogP contribution in [0.2, 0.25) is 0 Å². The Hall–Kier alpha value is -2.89. The van der Waals surface area contributed by atoms with Gasteiger partial charge in [0.1, 0.15) is 17.5 Å². The fourth-order valence-corrected chi connectivity index (χ4v) is 4.06. The minimum absolute atomic E-state index is 0.0461. The van der Waals surface area contributed by atoms with Crippen molar-refractivity contribution in [3.05, 3.63) is 54.2 Å². The first kappa shape index (κ1) is 18.2. The van der Waals surface area contributed by atoms with Crippen molar-refractivity contribution in [1.29, 1.82) is 0 Å². The number of rotatable bonds is 5. The Labute approximate surface area is 170 Å². The van der Waals surface area contributed by atoms with Crippen LogP contribution in [0.15, 0.2) is 42.9 Å². The van der Waals surface area contributed by atoms with E-state index >= 15 is 0 Å². The minimum Gasteiger partial charge on any atom is -0.490 e. The van der Waals surface area contributed by atoms with E-state index in [0.29, 0.717) is 18.8 Å². The highest BCUT2D eigenvalue weighted by Crippen LogP contribution is 2.34. The zero-order valence-corrected chi connectivity index (χ0v) is 16.8. The molecule has 1 amide bonds. The lowest BCUT2D eigenvalue weighted by Gasteiger charge is -2.32. The Morgan fingerprint density at radius 2 is 1.93 bits per heavy atom. The maximum absolute atomic E-state index is 12.6. The average molecular weight is 390 g/mol. The number of likely N-dealkylation sites (tertiary alicyclic amines) is 1. The average Bonchev–Trinajstić information content (AvgIpc) is 3.47. The van der Waals surface area contributed by atoms with Crippen LogP contribution in [-0.4, -0.2) is 44.5 Å². The molecular formula is C23H26N4O2. The van der Waals surface area contributed by atoms with Gasteiger partial charge in [0.25, 0.3) is 5.91 Å². The van der Waals surface area contributed by atoms with Gasteiger partial charge in [-0.3, -0.25) is 9.78 Å². The molecule has 29 heavy (non-hydrogen) atoms. The van der Waals surface area contributed by atoms with Gasteiger partial charge in [0.2, 0.25) is 0 Å². The molecule has 6 heteroatoms. The summed E-state index contributed by atoms with van der Waals surface area (Å²) in [4.78, 5) is 22.9. The Morgan fingerprint density at radius 3 is 2.66 bits per heavy atom. The van der Waals surface area contributed by atoms with Gasteiger partial charge in [-0.2, -0.15) is 0 Å². The van der Waals surface area contributed by atoms with Gasteiger partial charge >= 0.3 is 0 Å². The number of ether oxygens (including phenoxy) is 1. The molecule has 0 atom stereocenters. The van der Waals surface area contributed by atoms with Crippen LogP contribution >= 0.6 is 0 Å². The van der Waals surface area contributed by atoms with Gasteiger partial charge in [0, 0.05) is 50.3 Å². The van der Waals surface area contributed by atoms with E-state index in [1.54, 1.807) is 12.4 Å². The second kappa shape index (κ2) is 7.50. The summed E-state index contributed by atoms with van der Waals surface area (Å²) in [5, 5.41) is 1.18. The predicted molar refractivity (Wildman–Crippen MR) is 111 cm³/mol. The third kappa shape index (κ3) is 3.84. The van der Waals surface area contributed by atoms with Gasteiger partial charge in [-0.05, 0) is 43.9 Å². The number of fused-ring (bicyclic) bond motifs is 1. The van der Waals surface area contributed by atoms with E-state index in [9.17, 15) is 4.79 Å². The lowest BCUT2D eigenvalue weighted by Crippen LogP contribution is -2.42. The SMILES string of the molecule is Cc1cnc(C(=O)N2CCC(Oc3cccc4c3ccn4CC3CC3)CC2)cn1. The molecule has 3 heterocycles. The van der Waals surface area contributed by atoms with Crippen molar-refractivity contribution in [3.8, 4) is 5.75 Å². The van der Waals surface area contributed by atoms with Crippen LogP contribution in [0, 0.1) is 12.8 Å². The van der Waals surface area contributed by atoms with Crippen molar-refractivity contribution in [2.24, 2.45) is 5.92 Å². The predicted octanol–water partition coefficient (Wildman–Crippen LogP) is 3.83. The largest absolute Gasteiger partial charge is 0.490 e. The smallest absolute Gasteiger partial charge is 0.274 e. The number of carbonyl (C=O) groups excluding carboxylic acids is 1. The number of amides is 1. The summed E-state index contributed by atoms with van der Waals surface area (Å²) in [7, 11) is 0. The Morgan fingerprint density at radius 1 is 1.10 bits per heavy atom. The van der Waals surface area contributed by atoms with Gasteiger partial charge in [-0.25, -0.2) is 4.98 Å². The summed E-state index contributed by atoms with van der Waals surface area (Å²) < 4.78 is 8.72. The molecule has 3 aromatic rings. The standard InChI is InChI=1S/C23H26N4O2/c1-16-13-25-20(14-24-16)23(28)26-10-7-18(8-11-26)29-22-4-2-3-21-19(22)9-12-27(21)15-17-5-6-17/h2-4,9,12-14,17-18H,5-8,10-11,15H2,1H3. The quantitative estimate of drug-likeness (QED) is 0.664. The number of hydrogen-bond donors (Lipinski definition) is 0. The molecule has 5 rings (SSSR count). The van der Waals surface area contributed by atoms with Crippen molar-refractivity contribution in [3.63, 3.8) is 0 Å². The van der Waals surface area contributed by atoms with Gasteiger partial charge in [0.15, 0.2) is 0 Å². The number of piperidine rings is 1. The molecule has 1 saturated heterocycles. The number of benzene rings is 1. The highest BCUT2D eigenvalue weighted by atomic mass is 16.5. The number of hydrogen-bond acceptors (Lipinski definition) is 4. The van der Waals surface area contributed by atoms with Gasteiger partial charge < -0.3 is 14.2 Å². The van der Waals surface area contributed by atoms with Crippen molar-refractivity contribution in [2.45, 2.75) is 45.3 Å². The zero-order chi connectivity index (χ0) is 19.8. The van der Waals surface area contributed by atoms with E-state index < -0.39 is 0 Å². The molecule has 0 radical (unpaired) electrons. The van der Waals surface area contributed by atoms with Gasteiger partial charge in [0.05, 0.1) is 17.4 Å². The third-order valence-corrected chi connectivity index (χ3v) is 5.95. The molecule has 0 unspecified atom stereocenters. The molecule has 0 spiro atoms. The lowest BCUT2D eigenvalue weighted by atomic mass is 10.1. The first-order chi connectivity index (χ1) is 14.2. The Bertz CT molecular complexity index is 1020. The molecule has 2 fully saturated rings. The number of carbonyl (C=O) groups is 1.